The molecule has 6 heteroatoms. The summed E-state index contributed by atoms with van der Waals surface area (Å²) in [6, 6.07) is 5.03. The third-order valence-corrected chi connectivity index (χ3v) is 3.30. The average molecular weight is 256 g/mol. The van der Waals surface area contributed by atoms with Crippen LogP contribution in [0.4, 0.5) is 5.13 Å². The van der Waals surface area contributed by atoms with Gasteiger partial charge in [0, 0.05) is 5.02 Å². The summed E-state index contributed by atoms with van der Waals surface area (Å²) in [7, 11) is 0. The Morgan fingerprint density at radius 2 is 2.38 bits per heavy atom. The Morgan fingerprint density at radius 3 is 3.06 bits per heavy atom. The van der Waals surface area contributed by atoms with Gasteiger partial charge in [0.15, 0.2) is 5.13 Å². The third-order valence-electron chi connectivity index (χ3n) is 2.12. The van der Waals surface area contributed by atoms with E-state index >= 15 is 0 Å². The van der Waals surface area contributed by atoms with E-state index < -0.39 is 11.9 Å². The molecule has 0 aliphatic carbocycles. The SMILES string of the molecule is CC(Nc1nc2ccc(Cl)cc2s1)C(N)=O. The first-order chi connectivity index (χ1) is 7.56. The summed E-state index contributed by atoms with van der Waals surface area (Å²) in [6.07, 6.45) is 0. The van der Waals surface area contributed by atoms with Crippen LogP contribution in [0.15, 0.2) is 18.2 Å². The number of carbonyl (C=O) groups is 1. The van der Waals surface area contributed by atoms with Gasteiger partial charge in [-0.15, -0.1) is 0 Å². The normalized spacial score (nSPS) is 12.6. The van der Waals surface area contributed by atoms with E-state index in [4.69, 9.17) is 17.3 Å². The van der Waals surface area contributed by atoms with Gasteiger partial charge in [0.25, 0.3) is 0 Å². The number of anilines is 1. The fourth-order valence-electron chi connectivity index (χ4n) is 1.22. The molecule has 0 spiro atoms. The molecule has 16 heavy (non-hydrogen) atoms. The number of thiazole rings is 1. The molecule has 1 unspecified atom stereocenters. The standard InChI is InChI=1S/C10H10ClN3OS/c1-5(9(12)15)13-10-14-7-3-2-6(11)4-8(7)16-10/h2-5H,1H3,(H2,12,15)(H,13,14). The smallest absolute Gasteiger partial charge is 0.239 e. The average Bonchev–Trinajstić information content (AvgIpc) is 2.58. The zero-order valence-electron chi connectivity index (χ0n) is 8.53. The Bertz CT molecular complexity index is 540. The van der Waals surface area contributed by atoms with E-state index in [0.717, 1.165) is 10.2 Å². The molecular weight excluding hydrogens is 246 g/mol. The zero-order valence-corrected chi connectivity index (χ0v) is 10.1. The second-order valence-corrected chi connectivity index (χ2v) is 4.87. The minimum atomic E-state index is -0.434. The van der Waals surface area contributed by atoms with Crippen molar-refractivity contribution in [2.24, 2.45) is 5.73 Å². The summed E-state index contributed by atoms with van der Waals surface area (Å²) in [4.78, 5) is 15.2. The van der Waals surface area contributed by atoms with Crippen molar-refractivity contribution in [3.8, 4) is 0 Å². The molecule has 3 N–H and O–H groups in total. The zero-order chi connectivity index (χ0) is 11.7. The minimum Gasteiger partial charge on any atom is -0.368 e. The number of nitrogens with zero attached hydrogens (tertiary/aromatic N) is 1. The van der Waals surface area contributed by atoms with Crippen LogP contribution >= 0.6 is 22.9 Å². The van der Waals surface area contributed by atoms with E-state index in [0.29, 0.717) is 10.2 Å². The first-order valence-electron chi connectivity index (χ1n) is 4.68. The number of hydrogen-bond donors (Lipinski definition) is 2. The van der Waals surface area contributed by atoms with E-state index in [1.165, 1.54) is 11.3 Å². The van der Waals surface area contributed by atoms with Crippen LogP contribution in [0.3, 0.4) is 0 Å². The number of fused-ring (bicyclic) bond motifs is 1. The molecule has 1 amide bonds. The van der Waals surface area contributed by atoms with Gasteiger partial charge < -0.3 is 11.1 Å². The van der Waals surface area contributed by atoms with Gasteiger partial charge >= 0.3 is 0 Å². The lowest BCUT2D eigenvalue weighted by molar-refractivity contribution is -0.118. The second-order valence-electron chi connectivity index (χ2n) is 3.40. The first kappa shape index (κ1) is 11.2. The van der Waals surface area contributed by atoms with Gasteiger partial charge in [-0.05, 0) is 25.1 Å². The molecule has 1 aromatic carbocycles. The van der Waals surface area contributed by atoms with Gasteiger partial charge in [-0.2, -0.15) is 0 Å². The fourth-order valence-corrected chi connectivity index (χ4v) is 2.45. The number of rotatable bonds is 3. The number of hydrogen-bond acceptors (Lipinski definition) is 4. The highest BCUT2D eigenvalue weighted by molar-refractivity contribution is 7.22. The van der Waals surface area contributed by atoms with E-state index in [9.17, 15) is 4.79 Å². The number of benzene rings is 1. The number of nitrogens with two attached hydrogens (primary N) is 1. The summed E-state index contributed by atoms with van der Waals surface area (Å²) in [5.74, 6) is -0.405. The van der Waals surface area contributed by atoms with E-state index in [1.807, 2.05) is 12.1 Å². The van der Waals surface area contributed by atoms with Crippen molar-refractivity contribution >= 4 is 44.2 Å². The predicted octanol–water partition coefficient (Wildman–Crippen LogP) is 2.24. The number of halogens is 1. The highest BCUT2D eigenvalue weighted by Gasteiger charge is 2.11. The number of primary amides is 1. The lowest BCUT2D eigenvalue weighted by atomic mass is 10.3. The topological polar surface area (TPSA) is 68.0 Å². The molecule has 0 saturated carbocycles. The fraction of sp³-hybridized carbons (Fsp3) is 0.200. The Morgan fingerprint density at radius 1 is 1.62 bits per heavy atom. The molecule has 0 fully saturated rings. The van der Waals surface area contributed by atoms with Crippen molar-refractivity contribution in [2.75, 3.05) is 5.32 Å². The van der Waals surface area contributed by atoms with Crippen LogP contribution in [0, 0.1) is 0 Å². The number of aromatic nitrogens is 1. The maximum absolute atomic E-state index is 10.9. The van der Waals surface area contributed by atoms with Crippen molar-refractivity contribution in [1.82, 2.24) is 4.98 Å². The van der Waals surface area contributed by atoms with Crippen molar-refractivity contribution in [3.05, 3.63) is 23.2 Å². The van der Waals surface area contributed by atoms with E-state index in [1.54, 1.807) is 13.0 Å². The number of carbonyl (C=O) groups excluding carboxylic acids is 1. The molecule has 0 radical (unpaired) electrons. The molecule has 4 nitrogen and oxygen atoms in total. The molecule has 1 atom stereocenters. The van der Waals surface area contributed by atoms with Crippen molar-refractivity contribution in [2.45, 2.75) is 13.0 Å². The van der Waals surface area contributed by atoms with Crippen LogP contribution in [-0.4, -0.2) is 16.9 Å². The van der Waals surface area contributed by atoms with Crippen molar-refractivity contribution < 1.29 is 4.79 Å². The summed E-state index contributed by atoms with van der Waals surface area (Å²) in [5.41, 5.74) is 6.01. The lowest BCUT2D eigenvalue weighted by Crippen LogP contribution is -2.32. The van der Waals surface area contributed by atoms with Gasteiger partial charge in [0.1, 0.15) is 6.04 Å². The monoisotopic (exact) mass is 255 g/mol. The molecule has 1 heterocycles. The molecule has 0 aliphatic heterocycles. The molecule has 0 saturated heterocycles. The quantitative estimate of drug-likeness (QED) is 0.884. The predicted molar refractivity (Wildman–Crippen MR) is 66.9 cm³/mol. The number of nitrogens with one attached hydrogen (secondary N) is 1. The summed E-state index contributed by atoms with van der Waals surface area (Å²) in [6.45, 7) is 1.70. The van der Waals surface area contributed by atoms with Gasteiger partial charge in [0.05, 0.1) is 10.2 Å². The van der Waals surface area contributed by atoms with Crippen LogP contribution in [0.1, 0.15) is 6.92 Å². The number of amides is 1. The van der Waals surface area contributed by atoms with Gasteiger partial charge in [-0.1, -0.05) is 22.9 Å². The van der Waals surface area contributed by atoms with Gasteiger partial charge in [-0.25, -0.2) is 4.98 Å². The Balaban J connectivity index is 2.29. The van der Waals surface area contributed by atoms with Crippen LogP contribution in [-0.2, 0) is 4.79 Å². The Labute approximate surface area is 101 Å². The second kappa shape index (κ2) is 4.27. The van der Waals surface area contributed by atoms with Crippen LogP contribution in [0.25, 0.3) is 10.2 Å². The Hall–Kier alpha value is -1.33. The molecule has 2 rings (SSSR count). The summed E-state index contributed by atoms with van der Waals surface area (Å²) < 4.78 is 0.978. The molecule has 0 aliphatic rings. The first-order valence-corrected chi connectivity index (χ1v) is 5.87. The largest absolute Gasteiger partial charge is 0.368 e. The van der Waals surface area contributed by atoms with Gasteiger partial charge in [-0.3, -0.25) is 4.79 Å². The third kappa shape index (κ3) is 2.25. The maximum Gasteiger partial charge on any atom is 0.239 e. The van der Waals surface area contributed by atoms with Gasteiger partial charge in [0.2, 0.25) is 5.91 Å². The van der Waals surface area contributed by atoms with Crippen molar-refractivity contribution in [1.29, 1.82) is 0 Å². The van der Waals surface area contributed by atoms with Crippen LogP contribution in [0.5, 0.6) is 0 Å². The molecule has 2 aromatic rings. The minimum absolute atomic E-state index is 0.405. The molecular formula is C10H10ClN3OS. The van der Waals surface area contributed by atoms with Crippen LogP contribution in [0.2, 0.25) is 5.02 Å². The lowest BCUT2D eigenvalue weighted by Gasteiger charge is -2.06. The maximum atomic E-state index is 10.9. The summed E-state index contributed by atoms with van der Waals surface area (Å²) in [5, 5.41) is 4.28. The highest BCUT2D eigenvalue weighted by atomic mass is 35.5. The molecule has 0 bridgehead atoms. The molecule has 84 valence electrons. The Kier molecular flexibility index (Phi) is 2.98. The summed E-state index contributed by atoms with van der Waals surface area (Å²) >= 11 is 7.31. The molecule has 1 aromatic heterocycles. The van der Waals surface area contributed by atoms with E-state index in [2.05, 4.69) is 10.3 Å². The van der Waals surface area contributed by atoms with E-state index in [-0.39, 0.29) is 0 Å². The van der Waals surface area contributed by atoms with Crippen molar-refractivity contribution in [3.63, 3.8) is 0 Å². The highest BCUT2D eigenvalue weighted by Crippen LogP contribution is 2.28. The van der Waals surface area contributed by atoms with Crippen LogP contribution < -0.4 is 11.1 Å².